The molecule has 0 saturated heterocycles. The molecule has 2 unspecified atom stereocenters. The molecule has 0 aliphatic heterocycles. The van der Waals surface area contributed by atoms with Gasteiger partial charge in [-0.25, -0.2) is 19.2 Å². The van der Waals surface area contributed by atoms with Crippen LogP contribution in [0.2, 0.25) is 5.02 Å². The molecular weight excluding hydrogens is 720 g/mol. The van der Waals surface area contributed by atoms with Gasteiger partial charge in [0.2, 0.25) is 0 Å². The summed E-state index contributed by atoms with van der Waals surface area (Å²) in [6.07, 6.45) is 0.570. The summed E-state index contributed by atoms with van der Waals surface area (Å²) in [6, 6.07) is 14.8. The minimum Gasteiger partial charge on any atom is -0.461 e. The van der Waals surface area contributed by atoms with Crippen LogP contribution in [0.1, 0.15) is 33.3 Å². The molecular formula is C36H47ClN2O10S2. The Hall–Kier alpha value is -3.69. The van der Waals surface area contributed by atoms with Crippen LogP contribution in [0.5, 0.6) is 0 Å². The van der Waals surface area contributed by atoms with E-state index in [0.717, 1.165) is 15.4 Å². The van der Waals surface area contributed by atoms with Gasteiger partial charge in [-0.05, 0) is 75.7 Å². The third kappa shape index (κ3) is 20.7. The number of rotatable bonds is 23. The van der Waals surface area contributed by atoms with E-state index in [0.29, 0.717) is 23.1 Å². The van der Waals surface area contributed by atoms with E-state index in [4.69, 9.17) is 40.0 Å². The first-order valence-corrected chi connectivity index (χ1v) is 18.7. The molecule has 0 bridgehead atoms. The molecule has 2 aromatic rings. The molecule has 0 aliphatic carbocycles. The van der Waals surface area contributed by atoms with Crippen molar-refractivity contribution in [3.8, 4) is 0 Å². The maximum absolute atomic E-state index is 12.4. The summed E-state index contributed by atoms with van der Waals surface area (Å²) in [7, 11) is 0. The van der Waals surface area contributed by atoms with E-state index in [2.05, 4.69) is 17.2 Å². The van der Waals surface area contributed by atoms with E-state index >= 15 is 0 Å². The molecule has 0 heterocycles. The van der Waals surface area contributed by atoms with Gasteiger partial charge >= 0.3 is 24.1 Å². The Morgan fingerprint density at radius 1 is 0.863 bits per heavy atom. The van der Waals surface area contributed by atoms with Crippen molar-refractivity contribution in [2.24, 2.45) is 0 Å². The van der Waals surface area contributed by atoms with Crippen molar-refractivity contribution in [1.29, 1.82) is 0 Å². The van der Waals surface area contributed by atoms with E-state index in [-0.39, 0.29) is 51.2 Å². The van der Waals surface area contributed by atoms with Gasteiger partial charge in [0.15, 0.2) is 0 Å². The van der Waals surface area contributed by atoms with Gasteiger partial charge in [0, 0.05) is 44.6 Å². The topological polar surface area (TPSA) is 148 Å². The van der Waals surface area contributed by atoms with Crippen molar-refractivity contribution in [3.05, 3.63) is 77.3 Å². The lowest BCUT2D eigenvalue weighted by atomic mass is 10.2. The van der Waals surface area contributed by atoms with Crippen LogP contribution in [-0.2, 0) is 38.0 Å². The van der Waals surface area contributed by atoms with Crippen molar-refractivity contribution in [2.75, 3.05) is 57.6 Å². The van der Waals surface area contributed by atoms with Crippen LogP contribution in [0.3, 0.4) is 0 Å². The second-order valence-corrected chi connectivity index (χ2v) is 13.6. The highest BCUT2D eigenvalue weighted by Gasteiger charge is 2.17. The predicted molar refractivity (Wildman–Crippen MR) is 199 cm³/mol. The summed E-state index contributed by atoms with van der Waals surface area (Å²) >= 11 is 8.93. The number of ether oxygens (including phenoxy) is 6. The highest BCUT2D eigenvalue weighted by molar-refractivity contribution is 7.99. The lowest BCUT2D eigenvalue weighted by Gasteiger charge is -2.19. The fraction of sp³-hybridized carbons (Fsp3) is 0.444. The van der Waals surface area contributed by atoms with Crippen LogP contribution in [0.25, 0.3) is 6.08 Å². The molecule has 2 rings (SSSR count). The van der Waals surface area contributed by atoms with Gasteiger partial charge in [0.25, 0.3) is 0 Å². The lowest BCUT2D eigenvalue weighted by Crippen LogP contribution is -2.35. The third-order valence-corrected chi connectivity index (χ3v) is 8.72. The van der Waals surface area contributed by atoms with E-state index < -0.39 is 36.3 Å². The zero-order valence-electron chi connectivity index (χ0n) is 29.4. The second kappa shape index (κ2) is 25.3. The summed E-state index contributed by atoms with van der Waals surface area (Å²) in [5.41, 5.74) is 1.03. The van der Waals surface area contributed by atoms with Crippen molar-refractivity contribution in [3.63, 3.8) is 0 Å². The average molecular weight is 767 g/mol. The van der Waals surface area contributed by atoms with Gasteiger partial charge in [-0.15, -0.1) is 23.5 Å². The standard InChI is InChI=1S/C36H47ClN2O10S2/c1-6-44-21-29(48-35(42)39-17-19-46-34(41)25(2)3)23-51-32-9-7-8-27(20-32)10-15-33(40)45-18-16-38-36(43)49-30(22-47-26(4)5)24-50-31-13-11-28(37)12-14-31/h7-15,20,26,29-30H,2,6,16-19,21-24H2,1,3-5H3,(H,38,43)(H,39,42)/b15-10+. The molecule has 15 heteroatoms. The molecule has 0 spiro atoms. The molecule has 51 heavy (non-hydrogen) atoms. The number of hydrogen-bond acceptors (Lipinski definition) is 12. The first-order valence-electron chi connectivity index (χ1n) is 16.3. The van der Waals surface area contributed by atoms with Gasteiger partial charge in [-0.1, -0.05) is 30.3 Å². The fourth-order valence-corrected chi connectivity index (χ4v) is 5.66. The quantitative estimate of drug-likeness (QED) is 0.0416. The van der Waals surface area contributed by atoms with Gasteiger partial charge in [-0.2, -0.15) is 0 Å². The molecule has 2 amide bonds. The predicted octanol–water partition coefficient (Wildman–Crippen LogP) is 6.55. The van der Waals surface area contributed by atoms with E-state index in [9.17, 15) is 19.2 Å². The van der Waals surface area contributed by atoms with Crippen molar-refractivity contribution >= 4 is 65.3 Å². The Morgan fingerprint density at radius 3 is 2.08 bits per heavy atom. The number of nitrogens with one attached hydrogen (secondary N) is 2. The normalized spacial score (nSPS) is 12.2. The minimum atomic E-state index is -0.654. The van der Waals surface area contributed by atoms with Crippen molar-refractivity contribution < 1.29 is 47.6 Å². The zero-order valence-corrected chi connectivity index (χ0v) is 31.7. The van der Waals surface area contributed by atoms with Gasteiger partial charge in [0.05, 0.1) is 32.4 Å². The Labute approximate surface area is 313 Å². The van der Waals surface area contributed by atoms with Gasteiger partial charge < -0.3 is 39.1 Å². The Balaban J connectivity index is 1.75. The minimum absolute atomic E-state index is 0.00727. The Bertz CT molecular complexity index is 1420. The second-order valence-electron chi connectivity index (χ2n) is 11.0. The molecule has 0 fully saturated rings. The number of thioether (sulfide) groups is 2. The summed E-state index contributed by atoms with van der Waals surface area (Å²) in [5.74, 6) is -0.208. The molecule has 2 N–H and O–H groups in total. The van der Waals surface area contributed by atoms with Gasteiger partial charge in [0.1, 0.15) is 25.4 Å². The Kier molecular flexibility index (Phi) is 21.6. The molecule has 0 radical (unpaired) electrons. The number of amides is 2. The highest BCUT2D eigenvalue weighted by Crippen LogP contribution is 2.23. The van der Waals surface area contributed by atoms with Crippen LogP contribution < -0.4 is 10.6 Å². The number of carbonyl (C=O) groups excluding carboxylic acids is 4. The number of halogens is 1. The Morgan fingerprint density at radius 2 is 1.47 bits per heavy atom. The monoisotopic (exact) mass is 766 g/mol. The zero-order chi connectivity index (χ0) is 37.4. The third-order valence-electron chi connectivity index (χ3n) is 6.19. The number of hydrogen-bond donors (Lipinski definition) is 2. The van der Waals surface area contributed by atoms with E-state index in [1.54, 1.807) is 18.2 Å². The van der Waals surface area contributed by atoms with Crippen LogP contribution in [0, 0.1) is 0 Å². The largest absolute Gasteiger partial charge is 0.461 e. The maximum atomic E-state index is 12.4. The smallest absolute Gasteiger partial charge is 0.407 e. The van der Waals surface area contributed by atoms with Crippen molar-refractivity contribution in [2.45, 2.75) is 55.8 Å². The molecule has 0 aromatic heterocycles. The van der Waals surface area contributed by atoms with Crippen LogP contribution >= 0.6 is 35.1 Å². The molecule has 12 nitrogen and oxygen atoms in total. The first kappa shape index (κ1) is 43.5. The van der Waals surface area contributed by atoms with Crippen molar-refractivity contribution in [1.82, 2.24) is 10.6 Å². The summed E-state index contributed by atoms with van der Waals surface area (Å²) in [6.45, 7) is 11.7. The number of benzene rings is 2. The van der Waals surface area contributed by atoms with Crippen LogP contribution in [0.15, 0.2) is 76.5 Å². The molecule has 2 atom stereocenters. The van der Waals surface area contributed by atoms with Gasteiger partial charge in [-0.3, -0.25) is 0 Å². The van der Waals surface area contributed by atoms with Crippen LogP contribution in [-0.4, -0.2) is 100 Å². The molecule has 280 valence electrons. The first-order chi connectivity index (χ1) is 24.4. The summed E-state index contributed by atoms with van der Waals surface area (Å²) < 4.78 is 32.3. The van der Waals surface area contributed by atoms with E-state index in [1.165, 1.54) is 36.5 Å². The van der Waals surface area contributed by atoms with E-state index in [1.807, 2.05) is 57.2 Å². The number of carbonyl (C=O) groups is 4. The SMILES string of the molecule is C=C(C)C(=O)OCCNC(=O)OC(COCC)CSc1cccc(/C=C/C(=O)OCCNC(=O)OC(COC(C)C)CSc2ccc(Cl)cc2)c1. The number of esters is 2. The highest BCUT2D eigenvalue weighted by atomic mass is 35.5. The summed E-state index contributed by atoms with van der Waals surface area (Å²) in [4.78, 5) is 50.3. The molecule has 2 aromatic carbocycles. The average Bonchev–Trinajstić information content (AvgIpc) is 3.10. The summed E-state index contributed by atoms with van der Waals surface area (Å²) in [5, 5.41) is 5.79. The lowest BCUT2D eigenvalue weighted by molar-refractivity contribution is -0.139. The molecule has 0 aliphatic rings. The molecule has 0 saturated carbocycles. The fourth-order valence-electron chi connectivity index (χ4n) is 3.72. The van der Waals surface area contributed by atoms with Crippen LogP contribution in [0.4, 0.5) is 9.59 Å². The maximum Gasteiger partial charge on any atom is 0.407 e. The number of alkyl carbamates (subject to hydrolysis) is 2.